The lowest BCUT2D eigenvalue weighted by Crippen LogP contribution is -2.52. The maximum Gasteiger partial charge on any atom is 0.295 e. The first kappa shape index (κ1) is 85.0. The van der Waals surface area contributed by atoms with Crippen molar-refractivity contribution in [1.82, 2.24) is 139 Å². The van der Waals surface area contributed by atoms with Crippen LogP contribution in [0.5, 0.6) is 11.5 Å². The predicted molar refractivity (Wildman–Crippen MR) is 421 cm³/mol. The van der Waals surface area contributed by atoms with Crippen molar-refractivity contribution in [2.24, 2.45) is 0 Å². The third-order valence-electron chi connectivity index (χ3n) is 20.5. The minimum Gasteiger partial charge on any atom is -0.494 e. The van der Waals surface area contributed by atoms with Crippen molar-refractivity contribution >= 4 is 114 Å². The first-order valence-electron chi connectivity index (χ1n) is 38.2. The number of halogens is 2. The fourth-order valence-corrected chi connectivity index (χ4v) is 14.2. The average Bonchev–Trinajstić information content (AvgIpc) is 1.63. The number of ketones is 4. The van der Waals surface area contributed by atoms with Crippen LogP contribution < -0.4 is 9.47 Å². The minimum atomic E-state index is -0.840. The van der Waals surface area contributed by atoms with Gasteiger partial charge in [0.25, 0.3) is 46.8 Å². The Morgan fingerprint density at radius 3 is 0.893 bits per heavy atom. The number of amides is 8. The molecule has 4 saturated heterocycles. The van der Waals surface area contributed by atoms with Crippen LogP contribution in [0.25, 0.3) is 66.9 Å². The molecule has 0 bridgehead atoms. The van der Waals surface area contributed by atoms with Gasteiger partial charge in [-0.15, -0.1) is 10.2 Å². The molecule has 636 valence electrons. The van der Waals surface area contributed by atoms with Crippen LogP contribution in [0.15, 0.2) is 87.0 Å². The van der Waals surface area contributed by atoms with Crippen molar-refractivity contribution in [1.29, 1.82) is 0 Å². The number of methoxy groups -OCH3 is 4. The summed E-state index contributed by atoms with van der Waals surface area (Å²) in [5, 5.41) is 24.4. The zero-order valence-corrected chi connectivity index (χ0v) is 67.2. The molecular formula is C76H82F2N28O16. The van der Waals surface area contributed by atoms with Crippen LogP contribution in [0.3, 0.4) is 0 Å². The molecule has 16 rings (SSSR count). The second kappa shape index (κ2) is 37.4. The molecule has 0 atom stereocenters. The topological polar surface area (TPSA) is 505 Å². The number of piperazine rings is 4. The third kappa shape index (κ3) is 17.5. The van der Waals surface area contributed by atoms with Gasteiger partial charge in [-0.05, 0) is 13.8 Å². The van der Waals surface area contributed by atoms with E-state index in [-0.39, 0.29) is 132 Å². The molecule has 12 aromatic heterocycles. The fraction of sp³-hybridized carbons (Fsp3) is 0.368. The molecule has 0 radical (unpaired) electrons. The number of carbonyl (C=O) groups excluding carboxylic acids is 12. The fourth-order valence-electron chi connectivity index (χ4n) is 14.2. The number of aromatic amines is 4. The van der Waals surface area contributed by atoms with Gasteiger partial charge in [0.1, 0.15) is 49.0 Å². The van der Waals surface area contributed by atoms with Crippen LogP contribution in [0.4, 0.5) is 8.78 Å². The lowest BCUT2D eigenvalue weighted by Gasteiger charge is -2.34. The van der Waals surface area contributed by atoms with Gasteiger partial charge in [0.15, 0.2) is 34.9 Å². The summed E-state index contributed by atoms with van der Waals surface area (Å²) in [6.45, 7) is 12.0. The predicted octanol–water partition coefficient (Wildman–Crippen LogP) is 1.01. The number of aryl methyl sites for hydroxylation is 2. The van der Waals surface area contributed by atoms with Gasteiger partial charge in [-0.2, -0.15) is 10.2 Å². The van der Waals surface area contributed by atoms with Crippen LogP contribution in [0.2, 0.25) is 0 Å². The molecule has 4 fully saturated rings. The number of hydrogen-bond acceptors (Lipinski definition) is 28. The molecule has 0 aromatic carbocycles. The zero-order chi connectivity index (χ0) is 86.7. The van der Waals surface area contributed by atoms with E-state index in [4.69, 9.17) is 18.9 Å². The highest BCUT2D eigenvalue weighted by atomic mass is 19.1. The summed E-state index contributed by atoms with van der Waals surface area (Å²) in [5.41, 5.74) is 1.70. The van der Waals surface area contributed by atoms with E-state index in [2.05, 4.69) is 80.7 Å². The van der Waals surface area contributed by atoms with Gasteiger partial charge < -0.3 is 78.1 Å². The second-order valence-corrected chi connectivity index (χ2v) is 27.7. The van der Waals surface area contributed by atoms with Gasteiger partial charge in [0, 0.05) is 157 Å². The Hall–Kier alpha value is -14.9. The lowest BCUT2D eigenvalue weighted by atomic mass is 10.1. The summed E-state index contributed by atoms with van der Waals surface area (Å²) in [4.78, 5) is 200. The van der Waals surface area contributed by atoms with E-state index in [9.17, 15) is 66.3 Å². The molecule has 4 aliphatic rings. The summed E-state index contributed by atoms with van der Waals surface area (Å²) >= 11 is 0. The maximum absolute atomic E-state index is 14.5. The molecule has 12 aromatic rings. The summed E-state index contributed by atoms with van der Waals surface area (Å²) in [5.74, 6) is -4.19. The van der Waals surface area contributed by atoms with E-state index in [0.29, 0.717) is 135 Å². The smallest absolute Gasteiger partial charge is 0.295 e. The van der Waals surface area contributed by atoms with Crippen LogP contribution in [-0.2, 0) is 47.8 Å². The quantitative estimate of drug-likeness (QED) is 0.0611. The molecule has 44 nitrogen and oxygen atoms in total. The van der Waals surface area contributed by atoms with Crippen molar-refractivity contribution in [2.75, 3.05) is 146 Å². The van der Waals surface area contributed by atoms with E-state index in [1.807, 2.05) is 0 Å². The number of nitrogens with zero attached hydrogens (tertiary/aromatic N) is 24. The van der Waals surface area contributed by atoms with Crippen molar-refractivity contribution < 1.29 is 85.3 Å². The number of ether oxygens (including phenoxy) is 4. The number of nitrogens with one attached hydrogen (secondary N) is 4. The molecule has 4 aliphatic heterocycles. The van der Waals surface area contributed by atoms with Crippen molar-refractivity contribution in [2.45, 2.75) is 40.5 Å². The normalized spacial score (nSPS) is 14.2. The van der Waals surface area contributed by atoms with E-state index >= 15 is 0 Å². The zero-order valence-electron chi connectivity index (χ0n) is 67.2. The Kier molecular flexibility index (Phi) is 26.1. The van der Waals surface area contributed by atoms with Crippen molar-refractivity contribution in [3.63, 3.8) is 0 Å². The highest BCUT2D eigenvalue weighted by Gasteiger charge is 2.37. The number of aromatic nitrogens is 20. The maximum atomic E-state index is 14.5. The highest BCUT2D eigenvalue weighted by molar-refractivity contribution is 6.47. The third-order valence-corrected chi connectivity index (χ3v) is 20.5. The van der Waals surface area contributed by atoms with Crippen molar-refractivity contribution in [3.8, 4) is 34.8 Å². The Balaban J connectivity index is 0.000000140. The number of hydrogen-bond donors (Lipinski definition) is 4. The van der Waals surface area contributed by atoms with Gasteiger partial charge in [0.05, 0.1) is 130 Å². The van der Waals surface area contributed by atoms with Gasteiger partial charge >= 0.3 is 0 Å². The first-order valence-corrected chi connectivity index (χ1v) is 38.2. The lowest BCUT2D eigenvalue weighted by molar-refractivity contribution is -0.140. The molecule has 0 aliphatic carbocycles. The molecule has 122 heavy (non-hydrogen) atoms. The standard InChI is InChI=1S/C20H23N7O5.C20H23N7O4.C18H18FN7O4.C18H18FN7O3/c1-12-23-11-27(24-12)19-17-16(14(32-3)9-22-19)13(8-21-17)18(29)20(30)26-6-4-25(5-7-26)15(28)10-31-2;1-4-15(28)25-5-7-26(8-6-25)20(30)18(29)13-9-21-17-16(13)14(31-3)10-22-19(17)27-11-23-12(2)24-27;1-30-10-13(27)24-4-6-25(7-5-24)18(29)16(28)11-8-20-15-14(11)12(19)9-21-17(15)26-3-2-22-23-26;1-2-13(27)24-5-7-25(8-6-24)18(29)16(28)11-9-20-15-14(11)12(19)10-21-17(15)26-4-3-22-23-26/h8-9,11,21H,4-7,10H2,1-3H3;9-11,21H,4-8H2,1-3H3;2-3,8-9,20H,4-7,10H2,1H3;3-4,9-10,20H,2,5-8H2,1H3. The van der Waals surface area contributed by atoms with Gasteiger partial charge in [-0.25, -0.2) is 57.4 Å². The van der Waals surface area contributed by atoms with Crippen molar-refractivity contribution in [3.05, 3.63) is 133 Å². The number of carbonyl (C=O) groups is 12. The Morgan fingerprint density at radius 1 is 0.361 bits per heavy atom. The first-order chi connectivity index (χ1) is 58.9. The van der Waals surface area contributed by atoms with Gasteiger partial charge in [-0.3, -0.25) is 57.5 Å². The van der Waals surface area contributed by atoms with Crippen LogP contribution in [-0.4, -0.2) is 355 Å². The van der Waals surface area contributed by atoms with Crippen LogP contribution >= 0.6 is 0 Å². The summed E-state index contributed by atoms with van der Waals surface area (Å²) in [6.07, 6.45) is 20.2. The van der Waals surface area contributed by atoms with E-state index < -0.39 is 58.4 Å². The molecule has 16 heterocycles. The van der Waals surface area contributed by atoms with Crippen LogP contribution in [0.1, 0.15) is 79.8 Å². The minimum absolute atomic E-state index is 0.00951. The molecular weight excluding hydrogens is 1600 g/mol. The summed E-state index contributed by atoms with van der Waals surface area (Å²) in [7, 11) is 5.83. The molecule has 0 saturated carbocycles. The Bertz CT molecular complexity index is 5960. The number of fused-ring (bicyclic) bond motifs is 4. The Labute approximate surface area is 689 Å². The van der Waals surface area contributed by atoms with Gasteiger partial charge in [-0.1, -0.05) is 24.3 Å². The van der Waals surface area contributed by atoms with E-state index in [1.54, 1.807) is 47.3 Å². The number of Topliss-reactive ketones (excluding diaryl/α,β-unsaturated/α-hetero) is 4. The van der Waals surface area contributed by atoms with E-state index in [1.165, 1.54) is 141 Å². The molecule has 46 heteroatoms. The van der Waals surface area contributed by atoms with Crippen LogP contribution in [0, 0.1) is 25.5 Å². The molecule has 0 unspecified atom stereocenters. The second-order valence-electron chi connectivity index (χ2n) is 27.7. The number of pyridine rings is 4. The highest BCUT2D eigenvalue weighted by Crippen LogP contribution is 2.35. The largest absolute Gasteiger partial charge is 0.494 e. The average molecular weight is 1680 g/mol. The Morgan fingerprint density at radius 2 is 0.631 bits per heavy atom. The molecule has 4 N–H and O–H groups in total. The number of rotatable bonds is 20. The SMILES string of the molecule is CCC(=O)N1CCN(C(=O)C(=O)c2c[nH]c3c(-n4ccnn4)ncc(F)c23)CC1.CCC(=O)N1CCN(C(=O)C(=O)c2c[nH]c3c(-n4cnc(C)n4)ncc(OC)c23)CC1.COCC(=O)N1CCN(C(=O)C(=O)c2c[nH]c3c(-n4ccnn4)ncc(F)c23)CC1.COCC(=O)N1CCN(C(=O)C(=O)c2c[nH]c3c(-n4cnc(C)n4)ncc(OC)c23)CC1. The monoisotopic (exact) mass is 1680 g/mol. The van der Waals surface area contributed by atoms with E-state index in [0.717, 1.165) is 12.4 Å². The molecule has 8 amide bonds. The summed E-state index contributed by atoms with van der Waals surface area (Å²) < 4.78 is 55.1. The van der Waals surface area contributed by atoms with Gasteiger partial charge in [0.2, 0.25) is 23.6 Å². The summed E-state index contributed by atoms with van der Waals surface area (Å²) in [6, 6.07) is 0. The number of H-pyrrole nitrogens is 4. The molecule has 0 spiro atoms.